The van der Waals surface area contributed by atoms with Crippen molar-refractivity contribution >= 4 is 0 Å². The molecule has 2 heterocycles. The number of ether oxygens (including phenoxy) is 2. The Bertz CT molecular complexity index is 187. The van der Waals surface area contributed by atoms with E-state index in [1.807, 2.05) is 0 Å². The van der Waals surface area contributed by atoms with Crippen LogP contribution >= 0.6 is 0 Å². The molecule has 5 nitrogen and oxygen atoms in total. The summed E-state index contributed by atoms with van der Waals surface area (Å²) < 4.78 is 10.3. The van der Waals surface area contributed by atoms with Gasteiger partial charge in [-0.15, -0.1) is 0 Å². The molecule has 2 aliphatic heterocycles. The molecule has 1 spiro atoms. The molecule has 1 unspecified atom stereocenters. The zero-order valence-corrected chi connectivity index (χ0v) is 7.22. The third-order valence-electron chi connectivity index (χ3n) is 2.78. The van der Waals surface area contributed by atoms with E-state index in [1.165, 1.54) is 0 Å². The van der Waals surface area contributed by atoms with Crippen LogP contribution in [0.4, 0.5) is 0 Å². The average molecular weight is 190 g/mol. The molecule has 0 aromatic carbocycles. The molecule has 3 N–H and O–H groups in total. The summed E-state index contributed by atoms with van der Waals surface area (Å²) >= 11 is 0. The number of hydrogen-bond acceptors (Lipinski definition) is 5. The van der Waals surface area contributed by atoms with Gasteiger partial charge < -0.3 is 24.8 Å². The Hall–Kier alpha value is -0.200. The van der Waals surface area contributed by atoms with Crippen molar-refractivity contribution in [2.75, 3.05) is 13.2 Å². The predicted molar refractivity (Wildman–Crippen MR) is 41.9 cm³/mol. The van der Waals surface area contributed by atoms with Crippen LogP contribution in [0.2, 0.25) is 0 Å². The minimum absolute atomic E-state index is 0.140. The first kappa shape index (κ1) is 9.36. The van der Waals surface area contributed by atoms with Crippen molar-refractivity contribution in [2.45, 2.75) is 36.9 Å². The van der Waals surface area contributed by atoms with Gasteiger partial charge in [-0.25, -0.2) is 0 Å². The normalized spacial score (nSPS) is 51.5. The number of aliphatic hydroxyl groups is 3. The monoisotopic (exact) mass is 190 g/mol. The smallest absolute Gasteiger partial charge is 0.154 e. The summed E-state index contributed by atoms with van der Waals surface area (Å²) in [6.45, 7) is 0.285. The van der Waals surface area contributed by atoms with Crippen molar-refractivity contribution in [2.24, 2.45) is 0 Å². The Kier molecular flexibility index (Phi) is 2.29. The highest BCUT2D eigenvalue weighted by Gasteiger charge is 2.51. The second kappa shape index (κ2) is 3.18. The van der Waals surface area contributed by atoms with Crippen LogP contribution in [0, 0.1) is 0 Å². The molecule has 2 aliphatic rings. The highest BCUT2D eigenvalue weighted by Crippen LogP contribution is 2.35. The molecule has 0 bridgehead atoms. The summed E-state index contributed by atoms with van der Waals surface area (Å²) in [5, 5.41) is 28.0. The quantitative estimate of drug-likeness (QED) is 0.438. The van der Waals surface area contributed by atoms with Gasteiger partial charge in [-0.2, -0.15) is 0 Å². The Morgan fingerprint density at radius 2 is 2.00 bits per heavy atom. The molecule has 0 aromatic heterocycles. The van der Waals surface area contributed by atoms with E-state index in [-0.39, 0.29) is 13.2 Å². The van der Waals surface area contributed by atoms with Crippen LogP contribution in [-0.2, 0) is 9.47 Å². The third-order valence-corrected chi connectivity index (χ3v) is 2.78. The lowest BCUT2D eigenvalue weighted by Gasteiger charge is -2.36. The topological polar surface area (TPSA) is 79.2 Å². The van der Waals surface area contributed by atoms with Crippen molar-refractivity contribution in [1.82, 2.24) is 0 Å². The van der Waals surface area contributed by atoms with E-state index < -0.39 is 24.1 Å². The van der Waals surface area contributed by atoms with E-state index in [0.717, 1.165) is 0 Å². The Balaban J connectivity index is 2.05. The molecule has 4 atom stereocenters. The van der Waals surface area contributed by atoms with Gasteiger partial charge in [0.15, 0.2) is 6.29 Å². The van der Waals surface area contributed by atoms with Crippen molar-refractivity contribution in [3.05, 3.63) is 0 Å². The lowest BCUT2D eigenvalue weighted by Crippen LogP contribution is -2.51. The predicted octanol–water partition coefficient (Wildman–Crippen LogP) is -1.39. The maximum Gasteiger partial charge on any atom is 0.154 e. The molecule has 2 fully saturated rings. The summed E-state index contributed by atoms with van der Waals surface area (Å²) in [5.74, 6) is 0. The lowest BCUT2D eigenvalue weighted by molar-refractivity contribution is -0.213. The number of aliphatic hydroxyl groups excluding tert-OH is 3. The van der Waals surface area contributed by atoms with Crippen LogP contribution in [-0.4, -0.2) is 52.6 Å². The van der Waals surface area contributed by atoms with E-state index in [2.05, 4.69) is 0 Å². The fourth-order valence-corrected chi connectivity index (χ4v) is 1.89. The van der Waals surface area contributed by atoms with E-state index in [0.29, 0.717) is 12.8 Å². The van der Waals surface area contributed by atoms with Crippen LogP contribution in [0.1, 0.15) is 12.8 Å². The van der Waals surface area contributed by atoms with Crippen LogP contribution < -0.4 is 0 Å². The highest BCUT2D eigenvalue weighted by atomic mass is 16.6. The van der Waals surface area contributed by atoms with Crippen LogP contribution in [0.25, 0.3) is 0 Å². The number of hydrogen-bond donors (Lipinski definition) is 3. The molecule has 5 heteroatoms. The number of rotatable bonds is 0. The van der Waals surface area contributed by atoms with Gasteiger partial charge in [-0.05, 0) is 6.42 Å². The molecule has 0 saturated carbocycles. The zero-order valence-electron chi connectivity index (χ0n) is 7.22. The van der Waals surface area contributed by atoms with Crippen molar-refractivity contribution in [3.63, 3.8) is 0 Å². The first-order valence-electron chi connectivity index (χ1n) is 4.44. The summed E-state index contributed by atoms with van der Waals surface area (Å²) in [7, 11) is 0. The van der Waals surface area contributed by atoms with Crippen molar-refractivity contribution in [1.29, 1.82) is 0 Å². The largest absolute Gasteiger partial charge is 0.388 e. The van der Waals surface area contributed by atoms with Gasteiger partial charge in [0.1, 0.15) is 17.8 Å². The summed E-state index contributed by atoms with van der Waals surface area (Å²) in [4.78, 5) is 0. The second-order valence-corrected chi connectivity index (χ2v) is 3.69. The van der Waals surface area contributed by atoms with Gasteiger partial charge in [0.2, 0.25) is 0 Å². The maximum atomic E-state index is 9.62. The molecule has 2 rings (SSSR count). The van der Waals surface area contributed by atoms with Gasteiger partial charge in [0.05, 0.1) is 13.2 Å². The summed E-state index contributed by atoms with van der Waals surface area (Å²) in [6.07, 6.45) is -1.55. The van der Waals surface area contributed by atoms with E-state index in [1.54, 1.807) is 0 Å². The molecule has 0 aromatic rings. The average Bonchev–Trinajstić information content (AvgIpc) is 2.40. The van der Waals surface area contributed by atoms with Gasteiger partial charge in [-0.3, -0.25) is 0 Å². The molecule has 13 heavy (non-hydrogen) atoms. The molecule has 0 aliphatic carbocycles. The Labute approximate surface area is 75.9 Å². The van der Waals surface area contributed by atoms with E-state index >= 15 is 0 Å². The molecule has 0 radical (unpaired) electrons. The molecule has 0 amide bonds. The van der Waals surface area contributed by atoms with Crippen LogP contribution in [0.5, 0.6) is 0 Å². The fourth-order valence-electron chi connectivity index (χ4n) is 1.89. The van der Waals surface area contributed by atoms with Crippen LogP contribution in [0.15, 0.2) is 0 Å². The maximum absolute atomic E-state index is 9.62. The van der Waals surface area contributed by atoms with E-state index in [4.69, 9.17) is 14.6 Å². The van der Waals surface area contributed by atoms with Crippen molar-refractivity contribution < 1.29 is 24.8 Å². The lowest BCUT2D eigenvalue weighted by atomic mass is 9.89. The fraction of sp³-hybridized carbons (Fsp3) is 1.00. The first-order chi connectivity index (χ1) is 6.14. The molecule has 76 valence electrons. The van der Waals surface area contributed by atoms with Gasteiger partial charge in [0.25, 0.3) is 0 Å². The van der Waals surface area contributed by atoms with Crippen LogP contribution in [0.3, 0.4) is 0 Å². The minimum atomic E-state index is -0.903. The minimum Gasteiger partial charge on any atom is -0.388 e. The zero-order chi connectivity index (χ0) is 9.47. The van der Waals surface area contributed by atoms with Gasteiger partial charge >= 0.3 is 0 Å². The van der Waals surface area contributed by atoms with E-state index in [9.17, 15) is 10.2 Å². The second-order valence-electron chi connectivity index (χ2n) is 3.69. The third kappa shape index (κ3) is 1.47. The SMILES string of the molecule is OC1CC[C@@]2(CO1)OC[C@@H](O)[C@@H]2O. The molecular formula is C8H14O5. The summed E-state index contributed by atoms with van der Waals surface area (Å²) in [5.41, 5.74) is -0.793. The van der Waals surface area contributed by atoms with Gasteiger partial charge in [-0.1, -0.05) is 0 Å². The standard InChI is InChI=1S/C8H14O5/c9-5-3-13-8(7(5)11)2-1-6(10)12-4-8/h5-7,9-11H,1-4H2/t5-,6?,7+,8+/m1/s1. The first-order valence-corrected chi connectivity index (χ1v) is 4.44. The molecular weight excluding hydrogens is 176 g/mol. The highest BCUT2D eigenvalue weighted by molar-refractivity contribution is 4.99. The van der Waals surface area contributed by atoms with Gasteiger partial charge in [0, 0.05) is 6.42 Å². The summed E-state index contributed by atoms with van der Waals surface area (Å²) in [6, 6.07) is 0. The molecule has 2 saturated heterocycles. The Morgan fingerprint density at radius 3 is 2.46 bits per heavy atom. The van der Waals surface area contributed by atoms with Crippen molar-refractivity contribution in [3.8, 4) is 0 Å². The Morgan fingerprint density at radius 1 is 1.23 bits per heavy atom.